The number of aliphatic hydroxyl groups excluding tert-OH is 1. The Balaban J connectivity index is 2.76. The molecular formula is C9H15N3O. The van der Waals surface area contributed by atoms with Crippen molar-refractivity contribution >= 4 is 5.82 Å². The number of aromatic nitrogens is 1. The second-order valence-corrected chi connectivity index (χ2v) is 3.04. The summed E-state index contributed by atoms with van der Waals surface area (Å²) in [5.41, 5.74) is 6.57. The quantitative estimate of drug-likeness (QED) is 0.599. The van der Waals surface area contributed by atoms with E-state index in [4.69, 9.17) is 10.8 Å². The average Bonchev–Trinajstić information content (AvgIpc) is 2.03. The minimum absolute atomic E-state index is 0.00806. The molecule has 0 aromatic carbocycles. The van der Waals surface area contributed by atoms with E-state index in [2.05, 4.69) is 10.3 Å². The molecule has 0 spiro atoms. The molecule has 1 heterocycles. The highest BCUT2D eigenvalue weighted by Crippen LogP contribution is 2.16. The first-order valence-electron chi connectivity index (χ1n) is 4.25. The molecular weight excluding hydrogens is 166 g/mol. The lowest BCUT2D eigenvalue weighted by atomic mass is 10.1. The normalized spacial score (nSPS) is 15.3. The van der Waals surface area contributed by atoms with Gasteiger partial charge in [-0.15, -0.1) is 0 Å². The Kier molecular flexibility index (Phi) is 3.22. The minimum atomic E-state index is -0.547. The average molecular weight is 181 g/mol. The van der Waals surface area contributed by atoms with Gasteiger partial charge in [0.15, 0.2) is 0 Å². The molecule has 0 aliphatic rings. The number of hydrogen-bond donors (Lipinski definition) is 3. The van der Waals surface area contributed by atoms with Gasteiger partial charge in [-0.2, -0.15) is 0 Å². The fourth-order valence-corrected chi connectivity index (χ4v) is 1.25. The van der Waals surface area contributed by atoms with Crippen LogP contribution in [0.3, 0.4) is 0 Å². The van der Waals surface area contributed by atoms with Crippen molar-refractivity contribution in [1.29, 1.82) is 0 Å². The predicted octanol–water partition coefficient (Wildman–Crippen LogP) is 0.653. The molecule has 0 fully saturated rings. The number of nitrogen functional groups attached to an aromatic ring is 1. The molecule has 1 unspecified atom stereocenters. The van der Waals surface area contributed by atoms with E-state index in [-0.39, 0.29) is 6.04 Å². The molecule has 0 saturated heterocycles. The van der Waals surface area contributed by atoms with Gasteiger partial charge in [-0.3, -0.25) is 5.32 Å². The van der Waals surface area contributed by atoms with Crippen molar-refractivity contribution < 1.29 is 5.11 Å². The number of anilines is 1. The van der Waals surface area contributed by atoms with Crippen molar-refractivity contribution in [1.82, 2.24) is 10.3 Å². The van der Waals surface area contributed by atoms with Crippen LogP contribution >= 0.6 is 0 Å². The molecule has 0 aliphatic heterocycles. The molecule has 0 amide bonds. The SMILES string of the molecule is CC(O)N[C@H](C)c1cccnc1N. The lowest BCUT2D eigenvalue weighted by Gasteiger charge is -2.17. The van der Waals surface area contributed by atoms with Gasteiger partial charge in [0.05, 0.1) is 0 Å². The third-order valence-electron chi connectivity index (χ3n) is 1.83. The molecule has 4 heteroatoms. The number of rotatable bonds is 3. The summed E-state index contributed by atoms with van der Waals surface area (Å²) < 4.78 is 0. The Morgan fingerprint density at radius 2 is 2.23 bits per heavy atom. The number of aliphatic hydroxyl groups is 1. The van der Waals surface area contributed by atoms with E-state index < -0.39 is 6.23 Å². The van der Waals surface area contributed by atoms with Crippen molar-refractivity contribution in [3.05, 3.63) is 23.9 Å². The molecule has 4 N–H and O–H groups in total. The highest BCUT2D eigenvalue weighted by molar-refractivity contribution is 5.40. The summed E-state index contributed by atoms with van der Waals surface area (Å²) >= 11 is 0. The van der Waals surface area contributed by atoms with Crippen molar-refractivity contribution in [2.75, 3.05) is 5.73 Å². The number of nitrogens with two attached hydrogens (primary N) is 1. The van der Waals surface area contributed by atoms with Crippen molar-refractivity contribution in [3.8, 4) is 0 Å². The molecule has 2 atom stereocenters. The largest absolute Gasteiger partial charge is 0.383 e. The van der Waals surface area contributed by atoms with E-state index in [0.29, 0.717) is 5.82 Å². The molecule has 1 aromatic heterocycles. The molecule has 0 radical (unpaired) electrons. The third kappa shape index (κ3) is 2.68. The summed E-state index contributed by atoms with van der Waals surface area (Å²) in [4.78, 5) is 3.96. The van der Waals surface area contributed by atoms with Gasteiger partial charge in [-0.1, -0.05) is 6.07 Å². The second kappa shape index (κ2) is 4.20. The first-order valence-corrected chi connectivity index (χ1v) is 4.25. The smallest absolute Gasteiger partial charge is 0.128 e. The number of pyridine rings is 1. The van der Waals surface area contributed by atoms with Crippen molar-refractivity contribution in [3.63, 3.8) is 0 Å². The molecule has 4 nitrogen and oxygen atoms in total. The van der Waals surface area contributed by atoms with Gasteiger partial charge in [0, 0.05) is 17.8 Å². The van der Waals surface area contributed by atoms with Gasteiger partial charge in [0.1, 0.15) is 12.0 Å². The lowest BCUT2D eigenvalue weighted by molar-refractivity contribution is 0.143. The Hall–Kier alpha value is -1.13. The van der Waals surface area contributed by atoms with Crippen LogP contribution in [-0.2, 0) is 0 Å². The monoisotopic (exact) mass is 181 g/mol. The van der Waals surface area contributed by atoms with Gasteiger partial charge in [-0.05, 0) is 19.9 Å². The van der Waals surface area contributed by atoms with E-state index in [0.717, 1.165) is 5.56 Å². The van der Waals surface area contributed by atoms with Crippen LogP contribution in [-0.4, -0.2) is 16.3 Å². The fourth-order valence-electron chi connectivity index (χ4n) is 1.25. The van der Waals surface area contributed by atoms with E-state index in [9.17, 15) is 0 Å². The van der Waals surface area contributed by atoms with E-state index in [1.54, 1.807) is 13.1 Å². The highest BCUT2D eigenvalue weighted by atomic mass is 16.3. The van der Waals surface area contributed by atoms with Crippen molar-refractivity contribution in [2.24, 2.45) is 0 Å². The third-order valence-corrected chi connectivity index (χ3v) is 1.83. The number of nitrogens with zero attached hydrogens (tertiary/aromatic N) is 1. The summed E-state index contributed by atoms with van der Waals surface area (Å²) in [5, 5.41) is 12.0. The van der Waals surface area contributed by atoms with Gasteiger partial charge < -0.3 is 10.8 Å². The second-order valence-electron chi connectivity index (χ2n) is 3.04. The topological polar surface area (TPSA) is 71.2 Å². The van der Waals surface area contributed by atoms with E-state index in [1.807, 2.05) is 19.1 Å². The first-order chi connectivity index (χ1) is 6.11. The zero-order valence-corrected chi connectivity index (χ0v) is 7.86. The minimum Gasteiger partial charge on any atom is -0.383 e. The molecule has 13 heavy (non-hydrogen) atoms. The summed E-state index contributed by atoms with van der Waals surface area (Å²) in [6.45, 7) is 3.60. The molecule has 0 saturated carbocycles. The van der Waals surface area contributed by atoms with Crippen LogP contribution in [0.4, 0.5) is 5.82 Å². The van der Waals surface area contributed by atoms with Gasteiger partial charge in [-0.25, -0.2) is 4.98 Å². The maximum atomic E-state index is 9.10. The van der Waals surface area contributed by atoms with Crippen LogP contribution in [0.1, 0.15) is 25.5 Å². The lowest BCUT2D eigenvalue weighted by Crippen LogP contribution is -2.28. The first kappa shape index (κ1) is 9.95. The summed E-state index contributed by atoms with van der Waals surface area (Å²) in [6.07, 6.45) is 1.10. The predicted molar refractivity (Wildman–Crippen MR) is 51.9 cm³/mol. The summed E-state index contributed by atoms with van der Waals surface area (Å²) in [5.74, 6) is 0.503. The number of hydrogen-bond acceptors (Lipinski definition) is 4. The molecule has 1 aromatic rings. The Bertz CT molecular complexity index is 275. The zero-order chi connectivity index (χ0) is 9.84. The van der Waals surface area contributed by atoms with Gasteiger partial charge in [0.25, 0.3) is 0 Å². The summed E-state index contributed by atoms with van der Waals surface area (Å²) in [6, 6.07) is 3.72. The molecule has 72 valence electrons. The van der Waals surface area contributed by atoms with Crippen LogP contribution < -0.4 is 11.1 Å². The maximum absolute atomic E-state index is 9.10. The Morgan fingerprint density at radius 1 is 1.54 bits per heavy atom. The number of nitrogens with one attached hydrogen (secondary N) is 1. The van der Waals surface area contributed by atoms with Crippen LogP contribution in [0, 0.1) is 0 Å². The Morgan fingerprint density at radius 3 is 2.77 bits per heavy atom. The van der Waals surface area contributed by atoms with Crippen molar-refractivity contribution in [2.45, 2.75) is 26.1 Å². The van der Waals surface area contributed by atoms with Gasteiger partial charge >= 0.3 is 0 Å². The van der Waals surface area contributed by atoms with Crippen LogP contribution in [0.25, 0.3) is 0 Å². The van der Waals surface area contributed by atoms with Crippen LogP contribution in [0.5, 0.6) is 0 Å². The fraction of sp³-hybridized carbons (Fsp3) is 0.444. The maximum Gasteiger partial charge on any atom is 0.128 e. The molecule has 0 aliphatic carbocycles. The Labute approximate surface area is 77.8 Å². The van der Waals surface area contributed by atoms with E-state index in [1.165, 1.54) is 0 Å². The molecule has 0 bridgehead atoms. The van der Waals surface area contributed by atoms with Crippen LogP contribution in [0.2, 0.25) is 0 Å². The standard InChI is InChI=1S/C9H15N3O/c1-6(12-7(2)13)8-4-3-5-11-9(8)10/h3-7,12-13H,1-2H3,(H2,10,11)/t6-,7?/m1/s1. The van der Waals surface area contributed by atoms with E-state index >= 15 is 0 Å². The highest BCUT2D eigenvalue weighted by Gasteiger charge is 2.09. The zero-order valence-electron chi connectivity index (χ0n) is 7.86. The molecule has 1 rings (SSSR count). The van der Waals surface area contributed by atoms with Crippen LogP contribution in [0.15, 0.2) is 18.3 Å². The van der Waals surface area contributed by atoms with Gasteiger partial charge in [0.2, 0.25) is 0 Å². The summed E-state index contributed by atoms with van der Waals surface area (Å²) in [7, 11) is 0.